The molecule has 0 aliphatic heterocycles. The lowest BCUT2D eigenvalue weighted by molar-refractivity contribution is -0.121. The summed E-state index contributed by atoms with van der Waals surface area (Å²) in [6, 6.07) is 5.35. The molecule has 3 aromatic heterocycles. The Morgan fingerprint density at radius 2 is 2.07 bits per heavy atom. The second-order valence-electron chi connectivity index (χ2n) is 6.47. The van der Waals surface area contributed by atoms with Crippen molar-refractivity contribution in [2.75, 3.05) is 0 Å². The molecule has 0 aliphatic carbocycles. The maximum absolute atomic E-state index is 12.4. The molecule has 0 fully saturated rings. The van der Waals surface area contributed by atoms with Crippen molar-refractivity contribution in [3.8, 4) is 5.82 Å². The second kappa shape index (κ2) is 7.53. The van der Waals surface area contributed by atoms with Gasteiger partial charge in [0.2, 0.25) is 5.91 Å². The quantitative estimate of drug-likeness (QED) is 0.715. The van der Waals surface area contributed by atoms with E-state index in [9.17, 15) is 9.59 Å². The number of nitrogens with one attached hydrogen (secondary N) is 2. The first kappa shape index (κ1) is 18.5. The monoisotopic (exact) mass is 366 g/mol. The largest absolute Gasteiger partial charge is 0.349 e. The number of rotatable bonds is 5. The Kier molecular flexibility index (Phi) is 5.16. The van der Waals surface area contributed by atoms with Crippen molar-refractivity contribution < 1.29 is 4.79 Å². The van der Waals surface area contributed by atoms with E-state index in [0.717, 1.165) is 11.3 Å². The highest BCUT2D eigenvalue weighted by Crippen LogP contribution is 2.19. The van der Waals surface area contributed by atoms with Crippen LogP contribution in [0.15, 0.2) is 35.4 Å². The van der Waals surface area contributed by atoms with E-state index in [1.165, 1.54) is 0 Å². The molecule has 0 radical (unpaired) electrons. The molecule has 8 heteroatoms. The lowest BCUT2D eigenvalue weighted by Gasteiger charge is -2.14. The highest BCUT2D eigenvalue weighted by molar-refractivity contribution is 5.79. The van der Waals surface area contributed by atoms with Crippen LogP contribution in [0.2, 0.25) is 0 Å². The fraction of sp³-hybridized carbons (Fsp3) is 0.316. The van der Waals surface area contributed by atoms with Gasteiger partial charge in [0.15, 0.2) is 5.82 Å². The van der Waals surface area contributed by atoms with Gasteiger partial charge in [-0.1, -0.05) is 6.07 Å². The molecule has 1 atom stereocenters. The Morgan fingerprint density at radius 1 is 1.30 bits per heavy atom. The van der Waals surface area contributed by atoms with E-state index in [-0.39, 0.29) is 23.9 Å². The molecule has 1 amide bonds. The van der Waals surface area contributed by atoms with Crippen molar-refractivity contribution in [1.82, 2.24) is 30.0 Å². The summed E-state index contributed by atoms with van der Waals surface area (Å²) in [6.45, 7) is 7.26. The highest BCUT2D eigenvalue weighted by atomic mass is 16.2. The minimum atomic E-state index is -0.276. The Bertz CT molecular complexity index is 1020. The van der Waals surface area contributed by atoms with Crippen molar-refractivity contribution >= 4 is 5.91 Å². The van der Waals surface area contributed by atoms with Crippen LogP contribution in [-0.4, -0.2) is 30.6 Å². The lowest BCUT2D eigenvalue weighted by atomic mass is 10.1. The molecule has 0 bridgehead atoms. The SMILES string of the molecule is Cc1nc(C)c(CC(=O)N[C@H](C)c2cnn(-c3ccccn3)c2C)c(=O)[nH]1. The topological polar surface area (TPSA) is 106 Å². The van der Waals surface area contributed by atoms with Crippen LogP contribution in [0, 0.1) is 20.8 Å². The van der Waals surface area contributed by atoms with Crippen molar-refractivity contribution in [2.45, 2.75) is 40.2 Å². The molecule has 0 spiro atoms. The van der Waals surface area contributed by atoms with Gasteiger partial charge >= 0.3 is 0 Å². The molecule has 8 nitrogen and oxygen atoms in total. The van der Waals surface area contributed by atoms with Gasteiger partial charge in [-0.3, -0.25) is 9.59 Å². The standard InChI is InChI=1S/C19H22N6O2/c1-11-15(19(27)24-14(4)22-11)9-18(26)23-12(2)16-10-21-25(13(16)3)17-7-5-6-8-20-17/h5-8,10,12H,9H2,1-4H3,(H,23,26)(H,22,24,27)/t12-/m1/s1. The zero-order chi connectivity index (χ0) is 19.6. The summed E-state index contributed by atoms with van der Waals surface area (Å²) < 4.78 is 1.73. The predicted octanol–water partition coefficient (Wildman–Crippen LogP) is 1.70. The van der Waals surface area contributed by atoms with Gasteiger partial charge in [0, 0.05) is 28.7 Å². The van der Waals surface area contributed by atoms with Gasteiger partial charge in [-0.2, -0.15) is 5.10 Å². The summed E-state index contributed by atoms with van der Waals surface area (Å²) in [5, 5.41) is 7.30. The fourth-order valence-electron chi connectivity index (χ4n) is 3.05. The number of aryl methyl sites for hydroxylation is 2. The molecule has 140 valence electrons. The third-order valence-corrected chi connectivity index (χ3v) is 4.44. The van der Waals surface area contributed by atoms with Crippen molar-refractivity contribution in [3.63, 3.8) is 0 Å². The summed E-state index contributed by atoms with van der Waals surface area (Å²) in [5.41, 5.74) is 2.46. The smallest absolute Gasteiger partial charge is 0.254 e. The van der Waals surface area contributed by atoms with E-state index < -0.39 is 0 Å². The van der Waals surface area contributed by atoms with Crippen LogP contribution in [0.25, 0.3) is 5.82 Å². The molecule has 0 aliphatic rings. The van der Waals surface area contributed by atoms with Crippen LogP contribution in [0.3, 0.4) is 0 Å². The number of nitrogens with zero attached hydrogens (tertiary/aromatic N) is 4. The number of H-pyrrole nitrogens is 1. The first-order valence-corrected chi connectivity index (χ1v) is 8.68. The van der Waals surface area contributed by atoms with Gasteiger partial charge in [-0.25, -0.2) is 14.6 Å². The fourth-order valence-corrected chi connectivity index (χ4v) is 3.05. The molecule has 3 heterocycles. The summed E-state index contributed by atoms with van der Waals surface area (Å²) in [5.74, 6) is 1.01. The minimum absolute atomic E-state index is 0.0216. The molecule has 27 heavy (non-hydrogen) atoms. The van der Waals surface area contributed by atoms with E-state index in [2.05, 4.69) is 25.4 Å². The number of aromatic amines is 1. The summed E-state index contributed by atoms with van der Waals surface area (Å²) in [4.78, 5) is 35.7. The van der Waals surface area contributed by atoms with E-state index in [1.807, 2.05) is 32.0 Å². The van der Waals surface area contributed by atoms with Crippen LogP contribution >= 0.6 is 0 Å². The first-order valence-electron chi connectivity index (χ1n) is 8.68. The molecular weight excluding hydrogens is 344 g/mol. The van der Waals surface area contributed by atoms with Crippen molar-refractivity contribution in [3.05, 3.63) is 69.3 Å². The van der Waals surface area contributed by atoms with Gasteiger partial charge in [-0.05, 0) is 39.8 Å². The first-order chi connectivity index (χ1) is 12.9. The van der Waals surface area contributed by atoms with E-state index in [4.69, 9.17) is 0 Å². The minimum Gasteiger partial charge on any atom is -0.349 e. The number of hydrogen-bond donors (Lipinski definition) is 2. The molecule has 0 saturated heterocycles. The van der Waals surface area contributed by atoms with Gasteiger partial charge in [-0.15, -0.1) is 0 Å². The average Bonchev–Trinajstić information content (AvgIpc) is 3.00. The summed E-state index contributed by atoms with van der Waals surface area (Å²) in [6.07, 6.45) is 3.41. The van der Waals surface area contributed by atoms with Gasteiger partial charge in [0.1, 0.15) is 5.82 Å². The number of amides is 1. The summed E-state index contributed by atoms with van der Waals surface area (Å²) in [7, 11) is 0. The van der Waals surface area contributed by atoms with Crippen LogP contribution < -0.4 is 10.9 Å². The molecule has 3 aromatic rings. The number of pyridine rings is 1. The maximum atomic E-state index is 12.4. The predicted molar refractivity (Wildman–Crippen MR) is 101 cm³/mol. The molecule has 0 aromatic carbocycles. The molecule has 2 N–H and O–H groups in total. The van der Waals surface area contributed by atoms with E-state index in [0.29, 0.717) is 22.9 Å². The average molecular weight is 366 g/mol. The van der Waals surface area contributed by atoms with Crippen molar-refractivity contribution in [2.24, 2.45) is 0 Å². The lowest BCUT2D eigenvalue weighted by Crippen LogP contribution is -2.31. The zero-order valence-electron chi connectivity index (χ0n) is 15.8. The van der Waals surface area contributed by atoms with E-state index >= 15 is 0 Å². The molecular formula is C19H22N6O2. The highest BCUT2D eigenvalue weighted by Gasteiger charge is 2.18. The zero-order valence-corrected chi connectivity index (χ0v) is 15.8. The van der Waals surface area contributed by atoms with Gasteiger partial charge < -0.3 is 10.3 Å². The van der Waals surface area contributed by atoms with Gasteiger partial charge in [0.05, 0.1) is 18.7 Å². The van der Waals surface area contributed by atoms with Crippen molar-refractivity contribution in [1.29, 1.82) is 0 Å². The Hall–Kier alpha value is -3.29. The number of hydrogen-bond acceptors (Lipinski definition) is 5. The molecule has 0 unspecified atom stereocenters. The third kappa shape index (κ3) is 3.94. The Balaban J connectivity index is 1.75. The van der Waals surface area contributed by atoms with Crippen LogP contribution in [0.5, 0.6) is 0 Å². The maximum Gasteiger partial charge on any atom is 0.254 e. The Morgan fingerprint density at radius 3 is 2.74 bits per heavy atom. The van der Waals surface area contributed by atoms with Crippen LogP contribution in [0.4, 0.5) is 0 Å². The number of carbonyl (C=O) groups is 1. The van der Waals surface area contributed by atoms with Crippen LogP contribution in [0.1, 0.15) is 41.3 Å². The second-order valence-corrected chi connectivity index (χ2v) is 6.47. The molecule has 0 saturated carbocycles. The summed E-state index contributed by atoms with van der Waals surface area (Å²) >= 11 is 0. The number of carbonyl (C=O) groups excluding carboxylic acids is 1. The van der Waals surface area contributed by atoms with Crippen LogP contribution in [-0.2, 0) is 11.2 Å². The third-order valence-electron chi connectivity index (χ3n) is 4.44. The van der Waals surface area contributed by atoms with E-state index in [1.54, 1.807) is 30.9 Å². The Labute approximate surface area is 156 Å². The number of aromatic nitrogens is 5. The normalized spacial score (nSPS) is 12.0. The van der Waals surface area contributed by atoms with Gasteiger partial charge in [0.25, 0.3) is 5.56 Å². The molecule has 3 rings (SSSR count).